The van der Waals surface area contributed by atoms with Crippen molar-refractivity contribution in [2.45, 2.75) is 26.2 Å². The maximum absolute atomic E-state index is 12.7. The first-order valence-corrected chi connectivity index (χ1v) is 7.56. The van der Waals surface area contributed by atoms with Gasteiger partial charge in [0.1, 0.15) is 0 Å². The van der Waals surface area contributed by atoms with Crippen LogP contribution in [0.3, 0.4) is 0 Å². The zero-order valence-corrected chi connectivity index (χ0v) is 11.9. The van der Waals surface area contributed by atoms with Gasteiger partial charge in [-0.15, -0.1) is 0 Å². The van der Waals surface area contributed by atoms with Crippen molar-refractivity contribution >= 4 is 23.3 Å². The van der Waals surface area contributed by atoms with E-state index in [2.05, 4.69) is 0 Å². The average Bonchev–Trinajstić information content (AvgIpc) is 3.13. The van der Waals surface area contributed by atoms with Crippen molar-refractivity contribution in [3.63, 3.8) is 0 Å². The van der Waals surface area contributed by atoms with E-state index in [1.807, 2.05) is 0 Å². The second kappa shape index (κ2) is 4.26. The van der Waals surface area contributed by atoms with Crippen LogP contribution in [0.15, 0.2) is 24.3 Å². The minimum Gasteiger partial charge on any atom is -0.295 e. The number of amides is 2. The molecule has 0 N–H and O–H groups in total. The molecule has 1 aromatic rings. The first-order valence-electron chi connectivity index (χ1n) is 7.56. The highest BCUT2D eigenvalue weighted by molar-refractivity contribution is 6.22. The van der Waals surface area contributed by atoms with E-state index < -0.39 is 0 Å². The topological polar surface area (TPSA) is 54.5 Å². The second-order valence-corrected chi connectivity index (χ2v) is 6.50. The smallest absolute Gasteiger partial charge is 0.237 e. The van der Waals surface area contributed by atoms with Gasteiger partial charge >= 0.3 is 0 Å². The van der Waals surface area contributed by atoms with Gasteiger partial charge in [0.2, 0.25) is 11.8 Å². The third kappa shape index (κ3) is 1.65. The van der Waals surface area contributed by atoms with Crippen LogP contribution in [-0.4, -0.2) is 17.6 Å². The molecule has 108 valence electrons. The molecule has 3 aliphatic rings. The molecule has 2 aliphatic carbocycles. The van der Waals surface area contributed by atoms with Gasteiger partial charge in [0.25, 0.3) is 0 Å². The Bertz CT molecular complexity index is 638. The van der Waals surface area contributed by atoms with Crippen LogP contribution in [0.4, 0.5) is 5.69 Å². The van der Waals surface area contributed by atoms with Crippen LogP contribution in [-0.2, 0) is 9.59 Å². The fraction of sp³-hybridized carbons (Fsp3) is 0.471. The highest BCUT2D eigenvalue weighted by atomic mass is 16.2. The molecule has 4 heteroatoms. The summed E-state index contributed by atoms with van der Waals surface area (Å²) in [5.74, 6) is 0.372. The molecule has 0 radical (unpaired) electrons. The molecule has 1 saturated heterocycles. The van der Waals surface area contributed by atoms with E-state index in [4.69, 9.17) is 0 Å². The van der Waals surface area contributed by atoms with Crippen LogP contribution >= 0.6 is 0 Å². The molecule has 0 aromatic heterocycles. The summed E-state index contributed by atoms with van der Waals surface area (Å²) >= 11 is 0. The molecule has 2 saturated carbocycles. The molecule has 2 amide bonds. The van der Waals surface area contributed by atoms with Gasteiger partial charge in [-0.05, 0) is 50.2 Å². The first-order chi connectivity index (χ1) is 10.1. The molecule has 0 unspecified atom stereocenters. The Labute approximate surface area is 123 Å². The zero-order valence-electron chi connectivity index (χ0n) is 11.9. The van der Waals surface area contributed by atoms with Gasteiger partial charge in [0, 0.05) is 5.56 Å². The molecule has 3 fully saturated rings. The lowest BCUT2D eigenvalue weighted by Crippen LogP contribution is -2.32. The molecule has 1 heterocycles. The third-order valence-corrected chi connectivity index (χ3v) is 5.44. The number of Topliss-reactive ketones (excluding diaryl/α,β-unsaturated/α-hetero) is 1. The first kappa shape index (κ1) is 12.7. The molecular weight excluding hydrogens is 266 g/mol. The standard InChI is InChI=1S/C17H17NO3/c1-9(19)10-3-2-4-13(8-10)18-16(20)14-11-5-6-12(7-11)15(14)17(18)21/h2-4,8,11-12,14-15H,5-7H2,1H3/t11-,12-,14-,15-/m0/s1. The largest absolute Gasteiger partial charge is 0.295 e. The van der Waals surface area contributed by atoms with Crippen LogP contribution in [0.25, 0.3) is 0 Å². The highest BCUT2D eigenvalue weighted by Gasteiger charge is 2.61. The summed E-state index contributed by atoms with van der Waals surface area (Å²) in [6.07, 6.45) is 3.19. The van der Waals surface area contributed by atoms with Crippen LogP contribution in [0.1, 0.15) is 36.5 Å². The van der Waals surface area contributed by atoms with Crippen molar-refractivity contribution in [1.82, 2.24) is 0 Å². The Hall–Kier alpha value is -1.97. The van der Waals surface area contributed by atoms with Crippen LogP contribution in [0.5, 0.6) is 0 Å². The fourth-order valence-corrected chi connectivity index (χ4v) is 4.53. The lowest BCUT2D eigenvalue weighted by atomic mass is 9.81. The Morgan fingerprint density at radius 1 is 1.10 bits per heavy atom. The van der Waals surface area contributed by atoms with Gasteiger partial charge < -0.3 is 0 Å². The number of ketones is 1. The van der Waals surface area contributed by atoms with Crippen LogP contribution in [0.2, 0.25) is 0 Å². The van der Waals surface area contributed by atoms with Crippen molar-refractivity contribution in [2.75, 3.05) is 4.90 Å². The van der Waals surface area contributed by atoms with Gasteiger partial charge in [-0.25, -0.2) is 0 Å². The van der Waals surface area contributed by atoms with Crippen LogP contribution < -0.4 is 4.90 Å². The van der Waals surface area contributed by atoms with E-state index in [0.29, 0.717) is 23.1 Å². The normalized spacial score (nSPS) is 33.7. The summed E-state index contributed by atoms with van der Waals surface area (Å²) in [5.41, 5.74) is 1.08. The number of nitrogens with zero attached hydrogens (tertiary/aromatic N) is 1. The van der Waals surface area contributed by atoms with Crippen molar-refractivity contribution in [3.05, 3.63) is 29.8 Å². The molecule has 1 aromatic carbocycles. The van der Waals surface area contributed by atoms with Gasteiger partial charge in [-0.1, -0.05) is 12.1 Å². The molecule has 4 atom stereocenters. The number of rotatable bonds is 2. The SMILES string of the molecule is CC(=O)c1cccc(N2C(=O)[C@H]3[C@H]4CC[C@@H](C4)[C@@H]3C2=O)c1. The number of anilines is 1. The maximum Gasteiger partial charge on any atom is 0.237 e. The van der Waals surface area contributed by atoms with E-state index in [-0.39, 0.29) is 29.4 Å². The average molecular weight is 283 g/mol. The quantitative estimate of drug-likeness (QED) is 0.618. The van der Waals surface area contributed by atoms with E-state index in [9.17, 15) is 14.4 Å². The lowest BCUT2D eigenvalue weighted by molar-refractivity contribution is -0.123. The molecule has 2 bridgehead atoms. The summed E-state index contributed by atoms with van der Waals surface area (Å²) < 4.78 is 0. The number of hydrogen-bond acceptors (Lipinski definition) is 3. The number of benzene rings is 1. The Balaban J connectivity index is 1.73. The number of carbonyl (C=O) groups is 3. The Morgan fingerprint density at radius 2 is 1.71 bits per heavy atom. The van der Waals surface area contributed by atoms with E-state index in [1.165, 1.54) is 11.8 Å². The molecule has 4 rings (SSSR count). The minimum absolute atomic E-state index is 0.0575. The third-order valence-electron chi connectivity index (χ3n) is 5.44. The summed E-state index contributed by atoms with van der Waals surface area (Å²) in [4.78, 5) is 38.2. The monoisotopic (exact) mass is 283 g/mol. The fourth-order valence-electron chi connectivity index (χ4n) is 4.53. The van der Waals surface area contributed by atoms with Gasteiger partial charge in [-0.3, -0.25) is 19.3 Å². The molecule has 4 nitrogen and oxygen atoms in total. The predicted molar refractivity (Wildman–Crippen MR) is 76.8 cm³/mol. The number of imide groups is 1. The van der Waals surface area contributed by atoms with Gasteiger partial charge in [-0.2, -0.15) is 0 Å². The van der Waals surface area contributed by atoms with Crippen LogP contribution in [0, 0.1) is 23.7 Å². The maximum atomic E-state index is 12.7. The molecule has 0 spiro atoms. The van der Waals surface area contributed by atoms with Gasteiger partial charge in [0.05, 0.1) is 17.5 Å². The Morgan fingerprint density at radius 3 is 2.29 bits per heavy atom. The number of carbonyl (C=O) groups excluding carboxylic acids is 3. The highest BCUT2D eigenvalue weighted by Crippen LogP contribution is 2.56. The molecule has 21 heavy (non-hydrogen) atoms. The summed E-state index contributed by atoms with van der Waals surface area (Å²) in [5, 5.41) is 0. The van der Waals surface area contributed by atoms with Crippen molar-refractivity contribution in [3.8, 4) is 0 Å². The van der Waals surface area contributed by atoms with E-state index >= 15 is 0 Å². The summed E-state index contributed by atoms with van der Waals surface area (Å²) in [6, 6.07) is 6.84. The molecule has 1 aliphatic heterocycles. The second-order valence-electron chi connectivity index (χ2n) is 6.50. The number of hydrogen-bond donors (Lipinski definition) is 0. The minimum atomic E-state index is -0.114. The van der Waals surface area contributed by atoms with E-state index in [1.54, 1.807) is 24.3 Å². The van der Waals surface area contributed by atoms with Crippen molar-refractivity contribution in [2.24, 2.45) is 23.7 Å². The molecular formula is C17H17NO3. The van der Waals surface area contributed by atoms with Crippen molar-refractivity contribution in [1.29, 1.82) is 0 Å². The lowest BCUT2D eigenvalue weighted by Gasteiger charge is -2.19. The van der Waals surface area contributed by atoms with E-state index in [0.717, 1.165) is 19.3 Å². The zero-order chi connectivity index (χ0) is 14.7. The predicted octanol–water partition coefficient (Wildman–Crippen LogP) is 2.42. The Kier molecular flexibility index (Phi) is 2.59. The van der Waals surface area contributed by atoms with Crippen molar-refractivity contribution < 1.29 is 14.4 Å². The van der Waals surface area contributed by atoms with Gasteiger partial charge in [0.15, 0.2) is 5.78 Å². The summed E-state index contributed by atoms with van der Waals surface area (Å²) in [7, 11) is 0. The summed E-state index contributed by atoms with van der Waals surface area (Å²) in [6.45, 7) is 1.49. The number of fused-ring (bicyclic) bond motifs is 5.